The highest BCUT2D eigenvalue weighted by atomic mass is 79.9. The topological polar surface area (TPSA) is 37.4 Å². The van der Waals surface area contributed by atoms with Gasteiger partial charge >= 0.3 is 0 Å². The van der Waals surface area contributed by atoms with Gasteiger partial charge in [0.2, 0.25) is 10.0 Å². The molecule has 2 rings (SSSR count). The van der Waals surface area contributed by atoms with Gasteiger partial charge in [-0.3, -0.25) is 0 Å². The van der Waals surface area contributed by atoms with E-state index in [2.05, 4.69) is 15.9 Å². The van der Waals surface area contributed by atoms with Crippen LogP contribution in [0.1, 0.15) is 6.42 Å². The van der Waals surface area contributed by atoms with Gasteiger partial charge in [0.1, 0.15) is 16.5 Å². The Morgan fingerprint density at radius 1 is 1.39 bits per heavy atom. The van der Waals surface area contributed by atoms with E-state index in [1.807, 2.05) is 0 Å². The summed E-state index contributed by atoms with van der Waals surface area (Å²) in [6.45, 7) is 0.679. The highest BCUT2D eigenvalue weighted by molar-refractivity contribution is 9.09. The Bertz CT molecular complexity index is 550. The molecule has 100 valence electrons. The average Bonchev–Trinajstić information content (AvgIpc) is 2.81. The lowest BCUT2D eigenvalue weighted by atomic mass is 10.2. The minimum atomic E-state index is -3.94. The van der Waals surface area contributed by atoms with Crippen molar-refractivity contribution in [3.8, 4) is 0 Å². The van der Waals surface area contributed by atoms with Crippen LogP contribution >= 0.6 is 15.9 Å². The second kappa shape index (κ2) is 5.22. The second-order valence-electron chi connectivity index (χ2n) is 4.25. The number of rotatable bonds is 3. The summed E-state index contributed by atoms with van der Waals surface area (Å²) >= 11 is 3.30. The van der Waals surface area contributed by atoms with Gasteiger partial charge in [-0.1, -0.05) is 15.9 Å². The molecule has 7 heteroatoms. The third-order valence-electron chi connectivity index (χ3n) is 2.98. The fraction of sp³-hybridized carbons (Fsp3) is 0.455. The van der Waals surface area contributed by atoms with Gasteiger partial charge in [0.15, 0.2) is 0 Å². The fourth-order valence-corrected chi connectivity index (χ4v) is 4.09. The molecular formula is C11H12BrF2NO2S. The normalized spacial score (nSPS) is 21.4. The second-order valence-corrected chi connectivity index (χ2v) is 6.80. The summed E-state index contributed by atoms with van der Waals surface area (Å²) in [5.41, 5.74) is 0. The van der Waals surface area contributed by atoms with Gasteiger partial charge in [-0.05, 0) is 30.5 Å². The van der Waals surface area contributed by atoms with Gasteiger partial charge < -0.3 is 0 Å². The summed E-state index contributed by atoms with van der Waals surface area (Å²) in [7, 11) is -3.94. The van der Waals surface area contributed by atoms with Crippen LogP contribution < -0.4 is 0 Å². The van der Waals surface area contributed by atoms with Crippen LogP contribution in [0.2, 0.25) is 0 Å². The molecule has 0 radical (unpaired) electrons. The van der Waals surface area contributed by atoms with Crippen molar-refractivity contribution < 1.29 is 17.2 Å². The van der Waals surface area contributed by atoms with Gasteiger partial charge in [-0.15, -0.1) is 0 Å². The quantitative estimate of drug-likeness (QED) is 0.793. The predicted molar refractivity (Wildman–Crippen MR) is 67.0 cm³/mol. The summed E-state index contributed by atoms with van der Waals surface area (Å²) in [6, 6.07) is 2.46. The summed E-state index contributed by atoms with van der Waals surface area (Å²) in [5, 5.41) is 0.699. The van der Waals surface area contributed by atoms with Gasteiger partial charge in [0, 0.05) is 18.4 Å². The van der Waals surface area contributed by atoms with Gasteiger partial charge in [0.25, 0.3) is 0 Å². The van der Waals surface area contributed by atoms with Crippen molar-refractivity contribution >= 4 is 26.0 Å². The smallest absolute Gasteiger partial charge is 0.207 e. The molecule has 0 aliphatic carbocycles. The molecule has 1 unspecified atom stereocenters. The maximum atomic E-state index is 13.5. The van der Waals surface area contributed by atoms with Crippen molar-refractivity contribution in [3.63, 3.8) is 0 Å². The highest BCUT2D eigenvalue weighted by Crippen LogP contribution is 2.27. The van der Waals surface area contributed by atoms with Crippen molar-refractivity contribution in [2.45, 2.75) is 11.3 Å². The first-order valence-corrected chi connectivity index (χ1v) is 8.02. The summed E-state index contributed by atoms with van der Waals surface area (Å²) in [4.78, 5) is -0.585. The molecule has 1 aromatic carbocycles. The zero-order valence-electron chi connectivity index (χ0n) is 9.44. The molecule has 1 atom stereocenters. The molecule has 0 spiro atoms. The maximum Gasteiger partial charge on any atom is 0.246 e. The lowest BCUT2D eigenvalue weighted by molar-refractivity contribution is 0.457. The molecule has 1 saturated heterocycles. The van der Waals surface area contributed by atoms with Gasteiger partial charge in [-0.2, -0.15) is 4.31 Å². The molecule has 0 N–H and O–H groups in total. The number of alkyl halides is 1. The Kier molecular flexibility index (Phi) is 4.03. The van der Waals surface area contributed by atoms with Crippen molar-refractivity contribution in [2.24, 2.45) is 5.92 Å². The lowest BCUT2D eigenvalue weighted by Crippen LogP contribution is -2.29. The van der Waals surface area contributed by atoms with E-state index in [4.69, 9.17) is 0 Å². The van der Waals surface area contributed by atoms with E-state index in [9.17, 15) is 17.2 Å². The summed E-state index contributed by atoms with van der Waals surface area (Å²) < 4.78 is 52.1. The zero-order chi connectivity index (χ0) is 13.3. The van der Waals surface area contributed by atoms with Crippen LogP contribution in [0.4, 0.5) is 8.78 Å². The van der Waals surface area contributed by atoms with E-state index in [-0.39, 0.29) is 5.92 Å². The van der Waals surface area contributed by atoms with Crippen LogP contribution in [0.25, 0.3) is 0 Å². The van der Waals surface area contributed by atoms with E-state index < -0.39 is 26.6 Å². The van der Waals surface area contributed by atoms with E-state index in [1.54, 1.807) is 0 Å². The highest BCUT2D eigenvalue weighted by Gasteiger charge is 2.33. The monoisotopic (exact) mass is 339 g/mol. The van der Waals surface area contributed by atoms with E-state index in [1.165, 1.54) is 4.31 Å². The number of hydrogen-bond acceptors (Lipinski definition) is 2. The number of halogens is 3. The number of hydrogen-bond donors (Lipinski definition) is 0. The lowest BCUT2D eigenvalue weighted by Gasteiger charge is -2.16. The summed E-state index contributed by atoms with van der Waals surface area (Å²) in [5.74, 6) is -1.46. The van der Waals surface area contributed by atoms with Crippen LogP contribution in [0.15, 0.2) is 23.1 Å². The standard InChI is InChI=1S/C11H12BrF2NO2S/c12-6-8-3-4-15(7-8)18(16,17)11-5-9(13)1-2-10(11)14/h1-2,5,8H,3-4,6-7H2. The molecule has 1 fully saturated rings. The molecule has 1 heterocycles. The molecule has 0 saturated carbocycles. The van der Waals surface area contributed by atoms with Crippen molar-refractivity contribution in [2.75, 3.05) is 18.4 Å². The zero-order valence-corrected chi connectivity index (χ0v) is 11.8. The third kappa shape index (κ3) is 2.57. The average molecular weight is 340 g/mol. The number of sulfonamides is 1. The molecule has 1 aliphatic rings. The van der Waals surface area contributed by atoms with Crippen LogP contribution in [-0.2, 0) is 10.0 Å². The van der Waals surface area contributed by atoms with Gasteiger partial charge in [-0.25, -0.2) is 17.2 Å². The number of benzene rings is 1. The Morgan fingerprint density at radius 3 is 2.72 bits per heavy atom. The molecule has 18 heavy (non-hydrogen) atoms. The van der Waals surface area contributed by atoms with Crippen molar-refractivity contribution in [3.05, 3.63) is 29.8 Å². The Hall–Kier alpha value is -0.530. The van der Waals surface area contributed by atoms with E-state index in [0.29, 0.717) is 18.4 Å². The van der Waals surface area contributed by atoms with E-state index in [0.717, 1.165) is 24.6 Å². The van der Waals surface area contributed by atoms with Crippen LogP contribution in [0.5, 0.6) is 0 Å². The first kappa shape index (κ1) is 13.9. The minimum absolute atomic E-state index is 0.219. The molecule has 0 aromatic heterocycles. The Morgan fingerprint density at radius 2 is 2.11 bits per heavy atom. The van der Waals surface area contributed by atoms with Crippen LogP contribution in [0, 0.1) is 17.6 Å². The molecule has 1 aromatic rings. The molecule has 1 aliphatic heterocycles. The van der Waals surface area contributed by atoms with Crippen molar-refractivity contribution in [1.82, 2.24) is 4.31 Å². The molecule has 0 amide bonds. The van der Waals surface area contributed by atoms with Crippen molar-refractivity contribution in [1.29, 1.82) is 0 Å². The van der Waals surface area contributed by atoms with E-state index >= 15 is 0 Å². The minimum Gasteiger partial charge on any atom is -0.207 e. The van der Waals surface area contributed by atoms with Gasteiger partial charge in [0.05, 0.1) is 0 Å². The summed E-state index contributed by atoms with van der Waals surface area (Å²) in [6.07, 6.45) is 0.724. The molecule has 0 bridgehead atoms. The first-order chi connectivity index (χ1) is 8.45. The third-order valence-corrected chi connectivity index (χ3v) is 5.77. The Balaban J connectivity index is 2.34. The molecular weight excluding hydrogens is 328 g/mol. The predicted octanol–water partition coefficient (Wildman–Crippen LogP) is 2.37. The SMILES string of the molecule is O=S(=O)(c1cc(F)ccc1F)N1CCC(CBr)C1. The number of nitrogens with zero attached hydrogens (tertiary/aromatic N) is 1. The molecule has 3 nitrogen and oxygen atoms in total. The largest absolute Gasteiger partial charge is 0.246 e. The fourth-order valence-electron chi connectivity index (χ4n) is 1.96. The van der Waals surface area contributed by atoms with Crippen LogP contribution in [0.3, 0.4) is 0 Å². The maximum absolute atomic E-state index is 13.5. The first-order valence-electron chi connectivity index (χ1n) is 5.46. The van der Waals surface area contributed by atoms with Crippen LogP contribution in [-0.4, -0.2) is 31.1 Å². The Labute approximate surface area is 113 Å².